The van der Waals surface area contributed by atoms with Crippen LogP contribution in [0.15, 0.2) is 30.3 Å². The molecule has 1 aliphatic rings. The molecule has 92 valence electrons. The van der Waals surface area contributed by atoms with Gasteiger partial charge in [0.2, 0.25) is 0 Å². The predicted molar refractivity (Wildman–Crippen MR) is 66.1 cm³/mol. The summed E-state index contributed by atoms with van der Waals surface area (Å²) in [6.45, 7) is 2.79. The van der Waals surface area contributed by atoms with Crippen molar-refractivity contribution in [2.24, 2.45) is 5.92 Å². The van der Waals surface area contributed by atoms with E-state index in [1.807, 2.05) is 18.2 Å². The number of rotatable bonds is 3. The molecule has 1 heterocycles. The van der Waals surface area contributed by atoms with Gasteiger partial charge in [-0.25, -0.2) is 4.79 Å². The van der Waals surface area contributed by atoms with Crippen LogP contribution in [-0.4, -0.2) is 25.7 Å². The lowest BCUT2D eigenvalue weighted by molar-refractivity contribution is 0.196. The number of carbonyl (C=O) groups is 1. The first-order chi connectivity index (χ1) is 8.34. The van der Waals surface area contributed by atoms with Crippen molar-refractivity contribution in [2.45, 2.75) is 12.8 Å². The Labute approximate surface area is 101 Å². The second kappa shape index (κ2) is 6.25. The van der Waals surface area contributed by atoms with Crippen LogP contribution in [0.25, 0.3) is 0 Å². The molecule has 0 radical (unpaired) electrons. The fourth-order valence-electron chi connectivity index (χ4n) is 1.95. The van der Waals surface area contributed by atoms with Gasteiger partial charge in [-0.15, -0.1) is 0 Å². The molecular weight excluding hydrogens is 216 g/mol. The summed E-state index contributed by atoms with van der Waals surface area (Å²) in [7, 11) is 0. The molecule has 0 unspecified atom stereocenters. The standard InChI is InChI=1S/C13H18N2O2/c16-13(17-12-4-2-1-3-5-12)15-10-11-6-8-14-9-7-11/h1-5,11,14H,6-10H2,(H,15,16). The van der Waals surface area contributed by atoms with E-state index in [0.717, 1.165) is 25.9 Å². The summed E-state index contributed by atoms with van der Waals surface area (Å²) < 4.78 is 5.14. The molecular formula is C13H18N2O2. The summed E-state index contributed by atoms with van der Waals surface area (Å²) in [4.78, 5) is 11.5. The van der Waals surface area contributed by atoms with Crippen molar-refractivity contribution in [1.82, 2.24) is 10.6 Å². The van der Waals surface area contributed by atoms with Gasteiger partial charge in [0.15, 0.2) is 0 Å². The maximum absolute atomic E-state index is 11.5. The van der Waals surface area contributed by atoms with Crippen LogP contribution >= 0.6 is 0 Å². The molecule has 1 aliphatic heterocycles. The minimum Gasteiger partial charge on any atom is -0.410 e. The smallest absolute Gasteiger partial charge is 0.410 e. The SMILES string of the molecule is O=C(NCC1CCNCC1)Oc1ccccc1. The first-order valence-corrected chi connectivity index (χ1v) is 6.06. The highest BCUT2D eigenvalue weighted by atomic mass is 16.5. The minimum absolute atomic E-state index is 0.366. The van der Waals surface area contributed by atoms with Crippen molar-refractivity contribution < 1.29 is 9.53 Å². The zero-order chi connectivity index (χ0) is 11.9. The molecule has 1 saturated heterocycles. The number of carbonyl (C=O) groups excluding carboxylic acids is 1. The van der Waals surface area contributed by atoms with Crippen molar-refractivity contribution >= 4 is 6.09 Å². The fraction of sp³-hybridized carbons (Fsp3) is 0.462. The van der Waals surface area contributed by atoms with Gasteiger partial charge in [0.1, 0.15) is 5.75 Å². The third-order valence-corrected chi connectivity index (χ3v) is 2.95. The average molecular weight is 234 g/mol. The van der Waals surface area contributed by atoms with Gasteiger partial charge < -0.3 is 15.4 Å². The highest BCUT2D eigenvalue weighted by Gasteiger charge is 2.14. The molecule has 1 amide bonds. The van der Waals surface area contributed by atoms with Gasteiger partial charge >= 0.3 is 6.09 Å². The Bertz CT molecular complexity index is 348. The zero-order valence-electron chi connectivity index (χ0n) is 9.82. The first-order valence-electron chi connectivity index (χ1n) is 6.06. The van der Waals surface area contributed by atoms with Gasteiger partial charge in [-0.05, 0) is 44.0 Å². The molecule has 17 heavy (non-hydrogen) atoms. The third kappa shape index (κ3) is 4.07. The molecule has 1 fully saturated rings. The summed E-state index contributed by atoms with van der Waals surface area (Å²) in [5, 5.41) is 6.11. The Hall–Kier alpha value is -1.55. The predicted octanol–water partition coefficient (Wildman–Crippen LogP) is 1.77. The summed E-state index contributed by atoms with van der Waals surface area (Å²) in [6, 6.07) is 9.11. The third-order valence-electron chi connectivity index (χ3n) is 2.95. The van der Waals surface area contributed by atoms with Crippen molar-refractivity contribution in [3.63, 3.8) is 0 Å². The fourth-order valence-corrected chi connectivity index (χ4v) is 1.95. The second-order valence-electron chi connectivity index (χ2n) is 4.28. The summed E-state index contributed by atoms with van der Waals surface area (Å²) in [5.74, 6) is 1.15. The van der Waals surface area contributed by atoms with Crippen molar-refractivity contribution in [2.75, 3.05) is 19.6 Å². The first kappa shape index (κ1) is 11.9. The summed E-state index contributed by atoms with van der Waals surface area (Å²) >= 11 is 0. The molecule has 0 aromatic heterocycles. The van der Waals surface area contributed by atoms with E-state index in [0.29, 0.717) is 18.2 Å². The van der Waals surface area contributed by atoms with E-state index in [1.165, 1.54) is 0 Å². The van der Waals surface area contributed by atoms with E-state index in [9.17, 15) is 4.79 Å². The molecule has 2 rings (SSSR count). The Kier molecular flexibility index (Phi) is 4.38. The van der Waals surface area contributed by atoms with Gasteiger partial charge in [-0.3, -0.25) is 0 Å². The van der Waals surface area contributed by atoms with Gasteiger partial charge in [0, 0.05) is 6.54 Å². The number of ether oxygens (including phenoxy) is 1. The molecule has 1 aromatic rings. The van der Waals surface area contributed by atoms with Crippen molar-refractivity contribution in [3.8, 4) is 5.75 Å². The van der Waals surface area contributed by atoms with E-state index in [-0.39, 0.29) is 6.09 Å². The molecule has 0 spiro atoms. The average Bonchev–Trinajstić information content (AvgIpc) is 2.39. The quantitative estimate of drug-likeness (QED) is 0.838. The Morgan fingerprint density at radius 2 is 2.00 bits per heavy atom. The Morgan fingerprint density at radius 1 is 1.29 bits per heavy atom. The van der Waals surface area contributed by atoms with E-state index in [4.69, 9.17) is 4.74 Å². The van der Waals surface area contributed by atoms with E-state index in [2.05, 4.69) is 10.6 Å². The van der Waals surface area contributed by atoms with Crippen molar-refractivity contribution in [3.05, 3.63) is 30.3 Å². The normalized spacial score (nSPS) is 16.5. The number of hydrogen-bond acceptors (Lipinski definition) is 3. The lowest BCUT2D eigenvalue weighted by Crippen LogP contribution is -2.37. The van der Waals surface area contributed by atoms with E-state index >= 15 is 0 Å². The molecule has 0 saturated carbocycles. The molecule has 0 atom stereocenters. The topological polar surface area (TPSA) is 50.4 Å². The van der Waals surface area contributed by atoms with Crippen LogP contribution in [0.2, 0.25) is 0 Å². The molecule has 0 aliphatic carbocycles. The number of para-hydroxylation sites is 1. The highest BCUT2D eigenvalue weighted by Crippen LogP contribution is 2.11. The maximum Gasteiger partial charge on any atom is 0.412 e. The van der Waals surface area contributed by atoms with Crippen LogP contribution in [-0.2, 0) is 0 Å². The highest BCUT2D eigenvalue weighted by molar-refractivity contribution is 5.70. The second-order valence-corrected chi connectivity index (χ2v) is 4.28. The summed E-state index contributed by atoms with van der Waals surface area (Å²) in [5.41, 5.74) is 0. The van der Waals surface area contributed by atoms with Crippen LogP contribution in [0.1, 0.15) is 12.8 Å². The molecule has 2 N–H and O–H groups in total. The van der Waals surface area contributed by atoms with Crippen LogP contribution in [0, 0.1) is 5.92 Å². The van der Waals surface area contributed by atoms with Crippen LogP contribution in [0.4, 0.5) is 4.79 Å². The van der Waals surface area contributed by atoms with Gasteiger partial charge in [-0.1, -0.05) is 18.2 Å². The van der Waals surface area contributed by atoms with Crippen LogP contribution < -0.4 is 15.4 Å². The molecule has 4 heteroatoms. The lowest BCUT2D eigenvalue weighted by Gasteiger charge is -2.22. The molecule has 4 nitrogen and oxygen atoms in total. The van der Waals surface area contributed by atoms with Gasteiger partial charge in [0.25, 0.3) is 0 Å². The maximum atomic E-state index is 11.5. The zero-order valence-corrected chi connectivity index (χ0v) is 9.82. The number of piperidine rings is 1. The van der Waals surface area contributed by atoms with E-state index in [1.54, 1.807) is 12.1 Å². The largest absolute Gasteiger partial charge is 0.412 e. The Morgan fingerprint density at radius 3 is 2.71 bits per heavy atom. The van der Waals surface area contributed by atoms with Crippen molar-refractivity contribution in [1.29, 1.82) is 0 Å². The lowest BCUT2D eigenvalue weighted by atomic mass is 9.98. The monoisotopic (exact) mass is 234 g/mol. The van der Waals surface area contributed by atoms with Gasteiger partial charge in [0.05, 0.1) is 0 Å². The number of hydrogen-bond donors (Lipinski definition) is 2. The van der Waals surface area contributed by atoms with Gasteiger partial charge in [-0.2, -0.15) is 0 Å². The van der Waals surface area contributed by atoms with Crippen LogP contribution in [0.3, 0.4) is 0 Å². The minimum atomic E-state index is -0.366. The van der Waals surface area contributed by atoms with E-state index < -0.39 is 0 Å². The number of amides is 1. The number of nitrogens with one attached hydrogen (secondary N) is 2. The Balaban J connectivity index is 1.70. The molecule has 0 bridgehead atoms. The molecule has 1 aromatic carbocycles. The number of benzene rings is 1. The summed E-state index contributed by atoms with van der Waals surface area (Å²) in [6.07, 6.45) is 1.87. The van der Waals surface area contributed by atoms with Crippen LogP contribution in [0.5, 0.6) is 5.75 Å².